The van der Waals surface area contributed by atoms with Crippen molar-refractivity contribution in [3.63, 3.8) is 0 Å². The lowest BCUT2D eigenvalue weighted by atomic mass is 10.2. The van der Waals surface area contributed by atoms with Gasteiger partial charge in [0.1, 0.15) is 11.6 Å². The van der Waals surface area contributed by atoms with E-state index in [0.29, 0.717) is 0 Å². The number of amides is 1. The van der Waals surface area contributed by atoms with Gasteiger partial charge in [0.05, 0.1) is 16.1 Å². The molecule has 0 aliphatic carbocycles. The Bertz CT molecular complexity index is 1500. The van der Waals surface area contributed by atoms with E-state index in [1.165, 1.54) is 50.5 Å². The largest absolute Gasteiger partial charge is 0.452 e. The summed E-state index contributed by atoms with van der Waals surface area (Å²) >= 11 is 0. The fraction of sp³-hybridized carbons (Fsp3) is 0.143. The molecule has 0 bridgehead atoms. The molecule has 0 fully saturated rings. The summed E-state index contributed by atoms with van der Waals surface area (Å²) in [4.78, 5) is 47.7. The average Bonchev–Trinajstić information content (AvgIpc) is 2.81. The fourth-order valence-corrected chi connectivity index (χ4v) is 3.90. The summed E-state index contributed by atoms with van der Waals surface area (Å²) < 4.78 is 47.8. The number of nitrogens with zero attached hydrogens (tertiary/aromatic N) is 2. The second-order valence-electron chi connectivity index (χ2n) is 7.01. The highest BCUT2D eigenvalue weighted by molar-refractivity contribution is 7.92. The van der Waals surface area contributed by atoms with E-state index in [0.717, 1.165) is 27.3 Å². The molecule has 0 spiro atoms. The Morgan fingerprint density at radius 3 is 2.41 bits per heavy atom. The van der Waals surface area contributed by atoms with Crippen molar-refractivity contribution in [2.45, 2.75) is 4.90 Å². The van der Waals surface area contributed by atoms with E-state index in [-0.39, 0.29) is 22.0 Å². The number of carbonyl (C=O) groups excluding carboxylic acids is 2. The predicted molar refractivity (Wildman–Crippen MR) is 119 cm³/mol. The summed E-state index contributed by atoms with van der Waals surface area (Å²) in [6.07, 6.45) is 0. The molecule has 0 radical (unpaired) electrons. The van der Waals surface area contributed by atoms with Crippen LogP contribution in [0.5, 0.6) is 0 Å². The number of carbonyl (C=O) groups is 2. The van der Waals surface area contributed by atoms with Crippen LogP contribution in [0.1, 0.15) is 10.4 Å². The molecule has 0 unspecified atom stereocenters. The van der Waals surface area contributed by atoms with Gasteiger partial charge in [0.25, 0.3) is 21.5 Å². The number of sulfonamides is 1. The van der Waals surface area contributed by atoms with Crippen molar-refractivity contribution in [2.75, 3.05) is 16.6 Å². The highest BCUT2D eigenvalue weighted by atomic mass is 32.2. The standard InChI is InChI=1S/C21H19FN4O7S/c1-25-17(11-19(28)26(2)21(25)30)23-18(27)12-33-20(29)13-6-5-7-14(10-13)34(31,32)24-16-9-4-3-8-15(16)22/h3-11,24H,12H2,1-2H3,(H,23,27). The summed E-state index contributed by atoms with van der Waals surface area (Å²) in [6, 6.07) is 11.0. The first-order valence-corrected chi connectivity index (χ1v) is 11.1. The van der Waals surface area contributed by atoms with Crippen LogP contribution in [-0.4, -0.2) is 36.0 Å². The Morgan fingerprint density at radius 2 is 1.71 bits per heavy atom. The number of halogens is 1. The number of esters is 1. The van der Waals surface area contributed by atoms with E-state index in [2.05, 4.69) is 10.0 Å². The lowest BCUT2D eigenvalue weighted by molar-refractivity contribution is -0.119. The molecule has 2 aromatic carbocycles. The molecule has 0 saturated carbocycles. The molecule has 0 aliphatic rings. The van der Waals surface area contributed by atoms with Gasteiger partial charge in [0.2, 0.25) is 0 Å². The molecule has 1 aromatic heterocycles. The van der Waals surface area contributed by atoms with E-state index in [1.807, 2.05) is 0 Å². The number of rotatable bonds is 7. The molecule has 13 heteroatoms. The SMILES string of the molecule is Cn1c(NC(=O)COC(=O)c2cccc(S(=O)(=O)Nc3ccccc3F)c2)cc(=O)n(C)c1=O. The van der Waals surface area contributed by atoms with Crippen LogP contribution in [0.4, 0.5) is 15.9 Å². The predicted octanol–water partition coefficient (Wildman–Crippen LogP) is 0.819. The van der Waals surface area contributed by atoms with E-state index in [4.69, 9.17) is 4.74 Å². The van der Waals surface area contributed by atoms with Gasteiger partial charge in [-0.15, -0.1) is 0 Å². The van der Waals surface area contributed by atoms with Gasteiger partial charge in [-0.25, -0.2) is 22.4 Å². The van der Waals surface area contributed by atoms with Crippen LogP contribution in [0.2, 0.25) is 0 Å². The molecule has 3 aromatic rings. The lowest BCUT2D eigenvalue weighted by Crippen LogP contribution is -2.38. The molecule has 3 rings (SSSR count). The maximum absolute atomic E-state index is 13.8. The molecular formula is C21H19FN4O7S. The zero-order chi connectivity index (χ0) is 25.0. The van der Waals surface area contributed by atoms with Crippen molar-refractivity contribution < 1.29 is 27.1 Å². The normalized spacial score (nSPS) is 11.0. The summed E-state index contributed by atoms with van der Waals surface area (Å²) in [5.74, 6) is -2.71. The van der Waals surface area contributed by atoms with E-state index in [1.54, 1.807) is 0 Å². The molecular weight excluding hydrogens is 471 g/mol. The first-order valence-electron chi connectivity index (χ1n) is 9.61. The van der Waals surface area contributed by atoms with Crippen LogP contribution in [0.15, 0.2) is 69.1 Å². The van der Waals surface area contributed by atoms with Crippen molar-refractivity contribution in [3.8, 4) is 0 Å². The number of para-hydroxylation sites is 1. The smallest absolute Gasteiger partial charge is 0.338 e. The van der Waals surface area contributed by atoms with E-state index in [9.17, 15) is 32.0 Å². The monoisotopic (exact) mass is 490 g/mol. The number of anilines is 2. The second kappa shape index (κ2) is 9.70. The Morgan fingerprint density at radius 1 is 1.00 bits per heavy atom. The number of nitrogens with one attached hydrogen (secondary N) is 2. The molecule has 178 valence electrons. The van der Waals surface area contributed by atoms with Crippen molar-refractivity contribution in [2.24, 2.45) is 14.1 Å². The first-order chi connectivity index (χ1) is 16.0. The molecule has 11 nitrogen and oxygen atoms in total. The molecule has 2 N–H and O–H groups in total. The lowest BCUT2D eigenvalue weighted by Gasteiger charge is -2.11. The number of benzene rings is 2. The number of aromatic nitrogens is 2. The maximum atomic E-state index is 13.8. The molecule has 1 amide bonds. The van der Waals surface area contributed by atoms with Crippen LogP contribution in [-0.2, 0) is 33.7 Å². The van der Waals surface area contributed by atoms with Crippen LogP contribution >= 0.6 is 0 Å². The second-order valence-corrected chi connectivity index (χ2v) is 8.69. The van der Waals surface area contributed by atoms with Crippen molar-refractivity contribution in [1.82, 2.24) is 9.13 Å². The maximum Gasteiger partial charge on any atom is 0.338 e. The molecule has 34 heavy (non-hydrogen) atoms. The summed E-state index contributed by atoms with van der Waals surface area (Å²) in [5, 5.41) is 2.29. The van der Waals surface area contributed by atoms with Gasteiger partial charge in [-0.1, -0.05) is 18.2 Å². The zero-order valence-corrected chi connectivity index (χ0v) is 18.8. The molecule has 1 heterocycles. The van der Waals surface area contributed by atoms with Gasteiger partial charge in [-0.2, -0.15) is 0 Å². The highest BCUT2D eigenvalue weighted by Gasteiger charge is 2.19. The number of hydrogen-bond acceptors (Lipinski definition) is 7. The van der Waals surface area contributed by atoms with Gasteiger partial charge >= 0.3 is 11.7 Å². The molecule has 0 saturated heterocycles. The first kappa shape index (κ1) is 24.4. The Balaban J connectivity index is 1.69. The van der Waals surface area contributed by atoms with Crippen molar-refractivity contribution in [1.29, 1.82) is 0 Å². The quantitative estimate of drug-likeness (QED) is 0.466. The third-order valence-electron chi connectivity index (χ3n) is 4.63. The minimum absolute atomic E-state index is 0.0959. The van der Waals surface area contributed by atoms with Crippen LogP contribution in [0, 0.1) is 5.82 Å². The van der Waals surface area contributed by atoms with Crippen molar-refractivity contribution >= 4 is 33.4 Å². The average molecular weight is 490 g/mol. The number of hydrogen-bond donors (Lipinski definition) is 2. The molecule has 0 aliphatic heterocycles. The van der Waals surface area contributed by atoms with Gasteiger partial charge in [-0.3, -0.25) is 23.4 Å². The third-order valence-corrected chi connectivity index (χ3v) is 5.99. The summed E-state index contributed by atoms with van der Waals surface area (Å²) in [6.45, 7) is -0.771. The van der Waals surface area contributed by atoms with Gasteiger partial charge < -0.3 is 10.1 Å². The molecule has 0 atom stereocenters. The van der Waals surface area contributed by atoms with Crippen LogP contribution in [0.3, 0.4) is 0 Å². The van der Waals surface area contributed by atoms with Crippen LogP contribution < -0.4 is 21.3 Å². The highest BCUT2D eigenvalue weighted by Crippen LogP contribution is 2.20. The topological polar surface area (TPSA) is 146 Å². The Labute approximate surface area is 192 Å². The van der Waals surface area contributed by atoms with Gasteiger partial charge in [0, 0.05) is 20.2 Å². The van der Waals surface area contributed by atoms with E-state index >= 15 is 0 Å². The third kappa shape index (κ3) is 5.38. The Kier molecular flexibility index (Phi) is 6.96. The zero-order valence-electron chi connectivity index (χ0n) is 17.9. The van der Waals surface area contributed by atoms with Crippen molar-refractivity contribution in [3.05, 3.63) is 86.8 Å². The minimum atomic E-state index is -4.22. The van der Waals surface area contributed by atoms with Crippen LogP contribution in [0.25, 0.3) is 0 Å². The van der Waals surface area contributed by atoms with Gasteiger partial charge in [0.15, 0.2) is 6.61 Å². The van der Waals surface area contributed by atoms with Gasteiger partial charge in [-0.05, 0) is 30.3 Å². The summed E-state index contributed by atoms with van der Waals surface area (Å²) in [5.41, 5.74) is -1.75. The fourth-order valence-electron chi connectivity index (χ4n) is 2.78. The number of ether oxygens (including phenoxy) is 1. The summed E-state index contributed by atoms with van der Waals surface area (Å²) in [7, 11) is -1.61. The Hall–Kier alpha value is -4.26. The van der Waals surface area contributed by atoms with E-state index < -0.39 is 45.6 Å². The minimum Gasteiger partial charge on any atom is -0.452 e.